The molecule has 1 N–H and O–H groups in total. The van der Waals surface area contributed by atoms with Gasteiger partial charge in [-0.3, -0.25) is 4.68 Å². The summed E-state index contributed by atoms with van der Waals surface area (Å²) >= 11 is 0. The van der Waals surface area contributed by atoms with Crippen molar-refractivity contribution in [1.82, 2.24) is 19.9 Å². The van der Waals surface area contributed by atoms with Crippen LogP contribution in [0.1, 0.15) is 39.3 Å². The normalized spacial score (nSPS) is 23.1. The van der Waals surface area contributed by atoms with Crippen molar-refractivity contribution in [2.45, 2.75) is 51.9 Å². The number of rotatable bonds is 2. The van der Waals surface area contributed by atoms with Gasteiger partial charge in [0.05, 0.1) is 24.3 Å². The molecule has 2 unspecified atom stereocenters. The van der Waals surface area contributed by atoms with E-state index in [0.29, 0.717) is 12.2 Å². The molecule has 1 saturated heterocycles. The number of likely N-dealkylation sites (tertiary alicyclic amines) is 1. The third-order valence-electron chi connectivity index (χ3n) is 3.20. The minimum Gasteiger partial charge on any atom is -0.444 e. The highest BCUT2D eigenvalue weighted by molar-refractivity contribution is 5.68. The molecule has 1 aromatic rings. The van der Waals surface area contributed by atoms with Gasteiger partial charge >= 0.3 is 6.09 Å². The number of carbonyl (C=O) groups excluding carboxylic acids is 1. The van der Waals surface area contributed by atoms with Crippen molar-refractivity contribution in [2.75, 3.05) is 13.1 Å². The number of aliphatic hydroxyl groups is 1. The molecule has 2 heterocycles. The summed E-state index contributed by atoms with van der Waals surface area (Å²) in [5, 5.41) is 18.1. The summed E-state index contributed by atoms with van der Waals surface area (Å²) in [5.41, 5.74) is 0.177. The van der Waals surface area contributed by atoms with Crippen molar-refractivity contribution < 1.29 is 14.6 Å². The number of aliphatic hydroxyl groups excluding tert-OH is 1. The van der Waals surface area contributed by atoms with Crippen molar-refractivity contribution in [3.05, 3.63) is 11.9 Å². The molecule has 1 aromatic heterocycles. The summed E-state index contributed by atoms with van der Waals surface area (Å²) in [5.74, 6) is -0.206. The summed E-state index contributed by atoms with van der Waals surface area (Å²) < 4.78 is 7.02. The summed E-state index contributed by atoms with van der Waals surface area (Å²) in [7, 11) is 0. The summed E-state index contributed by atoms with van der Waals surface area (Å²) in [4.78, 5) is 13.5. The molecular weight excluding hydrogens is 260 g/mol. The molecule has 7 heteroatoms. The lowest BCUT2D eigenvalue weighted by molar-refractivity contribution is 0.0270. The van der Waals surface area contributed by atoms with E-state index < -0.39 is 17.8 Å². The van der Waals surface area contributed by atoms with Gasteiger partial charge in [-0.2, -0.15) is 0 Å². The van der Waals surface area contributed by atoms with E-state index in [1.807, 2.05) is 33.9 Å². The molecule has 0 spiro atoms. The number of aromatic nitrogens is 3. The molecule has 1 aliphatic heterocycles. The Morgan fingerprint density at radius 3 is 2.75 bits per heavy atom. The molecule has 1 amide bonds. The lowest BCUT2D eigenvalue weighted by Gasteiger charge is -2.24. The van der Waals surface area contributed by atoms with Gasteiger partial charge in [0, 0.05) is 19.3 Å². The first-order valence-electron chi connectivity index (χ1n) is 6.86. The van der Waals surface area contributed by atoms with Crippen LogP contribution in [0.15, 0.2) is 6.20 Å². The molecule has 2 atom stereocenters. The van der Waals surface area contributed by atoms with Gasteiger partial charge in [-0.15, -0.1) is 5.10 Å². The maximum Gasteiger partial charge on any atom is 0.410 e. The SMILES string of the molecule is CCn1cc(C2CN(C(=O)OC(C)(C)C)CC2O)nn1. The van der Waals surface area contributed by atoms with Gasteiger partial charge in [-0.05, 0) is 27.7 Å². The largest absolute Gasteiger partial charge is 0.444 e. The number of hydrogen-bond donors (Lipinski definition) is 1. The van der Waals surface area contributed by atoms with Gasteiger partial charge in [0.1, 0.15) is 5.60 Å². The molecule has 0 aliphatic carbocycles. The van der Waals surface area contributed by atoms with E-state index in [2.05, 4.69) is 10.3 Å². The number of nitrogens with zero attached hydrogens (tertiary/aromatic N) is 4. The van der Waals surface area contributed by atoms with Crippen LogP contribution < -0.4 is 0 Å². The third-order valence-corrected chi connectivity index (χ3v) is 3.20. The smallest absolute Gasteiger partial charge is 0.410 e. The highest BCUT2D eigenvalue weighted by Crippen LogP contribution is 2.27. The molecule has 0 aromatic carbocycles. The molecule has 0 saturated carbocycles. The average molecular weight is 282 g/mol. The Morgan fingerprint density at radius 1 is 1.50 bits per heavy atom. The first-order valence-corrected chi connectivity index (χ1v) is 6.86. The number of hydrogen-bond acceptors (Lipinski definition) is 5. The van der Waals surface area contributed by atoms with Gasteiger partial charge in [0.25, 0.3) is 0 Å². The molecule has 112 valence electrons. The van der Waals surface area contributed by atoms with Crippen LogP contribution in [0.5, 0.6) is 0 Å². The molecule has 20 heavy (non-hydrogen) atoms. The standard InChI is InChI=1S/C13H22N4O3/c1-5-17-7-10(14-15-17)9-6-16(8-11(9)18)12(19)20-13(2,3)4/h7,9,11,18H,5-6,8H2,1-4H3. The van der Waals surface area contributed by atoms with Crippen LogP contribution in [0.3, 0.4) is 0 Å². The Labute approximate surface area is 118 Å². The van der Waals surface area contributed by atoms with E-state index in [9.17, 15) is 9.90 Å². The van der Waals surface area contributed by atoms with Crippen LogP contribution in [0.4, 0.5) is 4.79 Å². The lowest BCUT2D eigenvalue weighted by atomic mass is 10.0. The fraction of sp³-hybridized carbons (Fsp3) is 0.769. The number of ether oxygens (including phenoxy) is 1. The Morgan fingerprint density at radius 2 is 2.20 bits per heavy atom. The van der Waals surface area contributed by atoms with Crippen LogP contribution in [0, 0.1) is 0 Å². The second kappa shape index (κ2) is 5.40. The summed E-state index contributed by atoms with van der Waals surface area (Å²) in [6.45, 7) is 8.82. The van der Waals surface area contributed by atoms with Crippen molar-refractivity contribution in [3.8, 4) is 0 Å². The fourth-order valence-electron chi connectivity index (χ4n) is 2.19. The first-order chi connectivity index (χ1) is 9.30. The van der Waals surface area contributed by atoms with Crippen LogP contribution in [-0.2, 0) is 11.3 Å². The van der Waals surface area contributed by atoms with Crippen LogP contribution in [0.2, 0.25) is 0 Å². The number of β-amino-alcohol motifs (C(OH)–C–C–N with tert-alkyl or cyclic N) is 1. The lowest BCUT2D eigenvalue weighted by Crippen LogP contribution is -2.35. The predicted molar refractivity (Wildman–Crippen MR) is 72.3 cm³/mol. The Kier molecular flexibility index (Phi) is 3.99. The summed E-state index contributed by atoms with van der Waals surface area (Å²) in [6.07, 6.45) is 0.776. The maximum absolute atomic E-state index is 12.0. The number of amides is 1. The average Bonchev–Trinajstić information content (AvgIpc) is 2.92. The molecule has 1 fully saturated rings. The van der Waals surface area contributed by atoms with E-state index in [1.54, 1.807) is 4.68 Å². The van der Waals surface area contributed by atoms with E-state index in [0.717, 1.165) is 6.54 Å². The number of carbonyl (C=O) groups is 1. The van der Waals surface area contributed by atoms with E-state index in [1.165, 1.54) is 4.90 Å². The maximum atomic E-state index is 12.0. The predicted octanol–water partition coefficient (Wildman–Crippen LogP) is 0.993. The topological polar surface area (TPSA) is 80.5 Å². The summed E-state index contributed by atoms with van der Waals surface area (Å²) in [6, 6.07) is 0. The minimum atomic E-state index is -0.635. The fourth-order valence-corrected chi connectivity index (χ4v) is 2.19. The highest BCUT2D eigenvalue weighted by Gasteiger charge is 2.38. The van der Waals surface area contributed by atoms with Crippen molar-refractivity contribution in [2.24, 2.45) is 0 Å². The van der Waals surface area contributed by atoms with E-state index in [-0.39, 0.29) is 12.5 Å². The van der Waals surface area contributed by atoms with Crippen molar-refractivity contribution in [1.29, 1.82) is 0 Å². The second-order valence-electron chi connectivity index (χ2n) is 6.06. The molecular formula is C13H22N4O3. The van der Waals surface area contributed by atoms with Crippen molar-refractivity contribution in [3.63, 3.8) is 0 Å². The Bertz CT molecular complexity index is 480. The van der Waals surface area contributed by atoms with Crippen molar-refractivity contribution >= 4 is 6.09 Å². The van der Waals surface area contributed by atoms with Crippen LogP contribution in [-0.4, -0.2) is 55.9 Å². The third kappa shape index (κ3) is 3.27. The van der Waals surface area contributed by atoms with Gasteiger partial charge < -0.3 is 14.7 Å². The molecule has 0 radical (unpaired) electrons. The van der Waals surface area contributed by atoms with Crippen LogP contribution >= 0.6 is 0 Å². The Balaban J connectivity index is 2.03. The molecule has 0 bridgehead atoms. The molecule has 2 rings (SSSR count). The second-order valence-corrected chi connectivity index (χ2v) is 6.06. The molecule has 7 nitrogen and oxygen atoms in total. The highest BCUT2D eigenvalue weighted by atomic mass is 16.6. The van der Waals surface area contributed by atoms with Gasteiger partial charge in [0.15, 0.2) is 0 Å². The van der Waals surface area contributed by atoms with Gasteiger partial charge in [-0.25, -0.2) is 4.79 Å². The zero-order valence-corrected chi connectivity index (χ0v) is 12.4. The van der Waals surface area contributed by atoms with Gasteiger partial charge in [-0.1, -0.05) is 5.21 Å². The van der Waals surface area contributed by atoms with Crippen LogP contribution in [0.25, 0.3) is 0 Å². The minimum absolute atomic E-state index is 0.206. The van der Waals surface area contributed by atoms with E-state index in [4.69, 9.17) is 4.74 Å². The Hall–Kier alpha value is -1.63. The zero-order valence-electron chi connectivity index (χ0n) is 12.4. The monoisotopic (exact) mass is 282 g/mol. The number of aryl methyl sites for hydroxylation is 1. The first kappa shape index (κ1) is 14.8. The zero-order chi connectivity index (χ0) is 14.9. The quantitative estimate of drug-likeness (QED) is 0.875. The van der Waals surface area contributed by atoms with Gasteiger partial charge in [0.2, 0.25) is 0 Å². The van der Waals surface area contributed by atoms with E-state index >= 15 is 0 Å². The molecule has 1 aliphatic rings.